The fraction of sp³-hybridized carbons (Fsp3) is 0.652. The Bertz CT molecular complexity index is 1040. The number of hydrogen-bond acceptors (Lipinski definition) is 7. The largest absolute Gasteiger partial charge is 0.361 e. The third kappa shape index (κ3) is 5.67. The second-order valence-corrected chi connectivity index (χ2v) is 12.3. The van der Waals surface area contributed by atoms with Gasteiger partial charge in [0.05, 0.1) is 11.3 Å². The minimum absolute atomic E-state index is 0.112. The summed E-state index contributed by atoms with van der Waals surface area (Å²) in [4.78, 5) is 15.6. The molecule has 8 nitrogen and oxygen atoms in total. The van der Waals surface area contributed by atoms with E-state index in [4.69, 9.17) is 4.52 Å². The molecule has 2 aromatic heterocycles. The highest BCUT2D eigenvalue weighted by atomic mass is 32.2. The standard InChI is InChI=1S/C23H34N4O4S2/c1-17-23(18(2)31-25-17)20-9-10-22(32-20)33(29,30)27-14-6-4-11-24-21(28)16-19-8-3-5-12-26(19)13-7-15-27/h9-10,19H,3-8,11-16H2,1-2H3,(H,24,28). The molecule has 4 rings (SSSR count). The van der Waals surface area contributed by atoms with Gasteiger partial charge in [-0.2, -0.15) is 4.31 Å². The quantitative estimate of drug-likeness (QED) is 0.701. The van der Waals surface area contributed by atoms with Crippen molar-refractivity contribution in [2.45, 2.75) is 69.0 Å². The Hall–Kier alpha value is -1.75. The average molecular weight is 495 g/mol. The second kappa shape index (κ2) is 10.7. The Labute approximate surface area is 200 Å². The second-order valence-electron chi connectivity index (χ2n) is 9.02. The van der Waals surface area contributed by atoms with Crippen molar-refractivity contribution in [3.05, 3.63) is 23.6 Å². The normalized spacial score (nSPS) is 22.6. The summed E-state index contributed by atoms with van der Waals surface area (Å²) in [6.07, 6.45) is 6.12. The summed E-state index contributed by atoms with van der Waals surface area (Å²) in [5, 5.41) is 7.02. The Morgan fingerprint density at radius 3 is 2.61 bits per heavy atom. The first kappa shape index (κ1) is 24.4. The van der Waals surface area contributed by atoms with Gasteiger partial charge < -0.3 is 9.84 Å². The highest BCUT2D eigenvalue weighted by Gasteiger charge is 2.29. The van der Waals surface area contributed by atoms with Gasteiger partial charge in [-0.1, -0.05) is 11.6 Å². The molecule has 1 unspecified atom stereocenters. The number of rotatable bonds is 3. The van der Waals surface area contributed by atoms with Crippen LogP contribution in [0.25, 0.3) is 10.4 Å². The molecule has 0 saturated carbocycles. The molecule has 1 amide bonds. The summed E-state index contributed by atoms with van der Waals surface area (Å²) < 4.78 is 34.4. The molecular formula is C23H34N4O4S2. The van der Waals surface area contributed by atoms with Crippen LogP contribution in [0.5, 0.6) is 0 Å². The molecule has 2 aromatic rings. The van der Waals surface area contributed by atoms with Gasteiger partial charge in [-0.15, -0.1) is 11.3 Å². The smallest absolute Gasteiger partial charge is 0.252 e. The number of carbonyl (C=O) groups is 1. The number of carbonyl (C=O) groups excluding carboxylic acids is 1. The van der Waals surface area contributed by atoms with E-state index in [-0.39, 0.29) is 11.9 Å². The van der Waals surface area contributed by atoms with E-state index >= 15 is 0 Å². The Morgan fingerprint density at radius 2 is 1.82 bits per heavy atom. The van der Waals surface area contributed by atoms with Gasteiger partial charge in [-0.25, -0.2) is 8.42 Å². The number of aromatic nitrogens is 1. The molecule has 1 N–H and O–H groups in total. The van der Waals surface area contributed by atoms with Crippen molar-refractivity contribution in [3.8, 4) is 10.4 Å². The van der Waals surface area contributed by atoms with Crippen LogP contribution in [-0.4, -0.2) is 67.5 Å². The van der Waals surface area contributed by atoms with Gasteiger partial charge in [-0.05, 0) is 71.2 Å². The van der Waals surface area contributed by atoms with Gasteiger partial charge in [0, 0.05) is 37.0 Å². The summed E-state index contributed by atoms with van der Waals surface area (Å²) in [6.45, 7) is 7.05. The molecule has 1 atom stereocenters. The maximum absolute atomic E-state index is 13.6. The summed E-state index contributed by atoms with van der Waals surface area (Å²) in [5.74, 6) is 0.805. The number of thiophene rings is 1. The van der Waals surface area contributed by atoms with Gasteiger partial charge in [0.15, 0.2) is 0 Å². The van der Waals surface area contributed by atoms with E-state index in [0.29, 0.717) is 36.0 Å². The highest BCUT2D eigenvalue weighted by Crippen LogP contribution is 2.36. The number of piperidine rings is 1. The van der Waals surface area contributed by atoms with E-state index in [0.717, 1.165) is 67.7 Å². The molecule has 10 heteroatoms. The lowest BCUT2D eigenvalue weighted by Crippen LogP contribution is -2.43. The zero-order chi connectivity index (χ0) is 23.4. The van der Waals surface area contributed by atoms with Crippen LogP contribution in [0.15, 0.2) is 20.9 Å². The molecule has 0 bridgehead atoms. The van der Waals surface area contributed by atoms with Crippen LogP contribution < -0.4 is 5.32 Å². The molecule has 0 aliphatic carbocycles. The molecule has 2 aliphatic heterocycles. The van der Waals surface area contributed by atoms with Crippen molar-refractivity contribution < 1.29 is 17.7 Å². The van der Waals surface area contributed by atoms with Gasteiger partial charge in [-0.3, -0.25) is 9.69 Å². The van der Waals surface area contributed by atoms with Gasteiger partial charge in [0.25, 0.3) is 10.0 Å². The fourth-order valence-electron chi connectivity index (χ4n) is 4.87. The first-order valence-corrected chi connectivity index (χ1v) is 14.2. The molecule has 2 saturated heterocycles. The first-order chi connectivity index (χ1) is 15.9. The Morgan fingerprint density at radius 1 is 1.06 bits per heavy atom. The third-order valence-electron chi connectivity index (χ3n) is 6.63. The zero-order valence-electron chi connectivity index (χ0n) is 19.5. The molecule has 2 fully saturated rings. The number of aryl methyl sites for hydroxylation is 2. The topological polar surface area (TPSA) is 95.7 Å². The lowest BCUT2D eigenvalue weighted by atomic mass is 9.98. The monoisotopic (exact) mass is 494 g/mol. The lowest BCUT2D eigenvalue weighted by Gasteiger charge is -2.35. The zero-order valence-corrected chi connectivity index (χ0v) is 21.1. The number of fused-ring (bicyclic) bond motifs is 1. The highest BCUT2D eigenvalue weighted by molar-refractivity contribution is 7.91. The molecular weight excluding hydrogens is 460 g/mol. The summed E-state index contributed by atoms with van der Waals surface area (Å²) in [7, 11) is -3.60. The van der Waals surface area contributed by atoms with E-state index in [1.54, 1.807) is 10.4 Å². The maximum Gasteiger partial charge on any atom is 0.252 e. The van der Waals surface area contributed by atoms with Crippen LogP contribution in [0, 0.1) is 13.8 Å². The molecule has 33 heavy (non-hydrogen) atoms. The SMILES string of the molecule is Cc1noc(C)c1-c1ccc(S(=O)(=O)N2CCCCNC(=O)CC3CCCCN3CCC2)s1. The van der Waals surface area contributed by atoms with E-state index in [2.05, 4.69) is 15.4 Å². The van der Waals surface area contributed by atoms with Crippen LogP contribution in [0.4, 0.5) is 0 Å². The number of hydrogen-bond donors (Lipinski definition) is 1. The Balaban J connectivity index is 1.51. The van der Waals surface area contributed by atoms with Crippen molar-refractivity contribution in [1.29, 1.82) is 0 Å². The number of sulfonamides is 1. The third-order valence-corrected chi connectivity index (χ3v) is 10.1. The van der Waals surface area contributed by atoms with Crippen LogP contribution in [0.3, 0.4) is 0 Å². The van der Waals surface area contributed by atoms with Crippen molar-refractivity contribution >= 4 is 27.3 Å². The lowest BCUT2D eigenvalue weighted by molar-refractivity contribution is -0.122. The summed E-state index contributed by atoms with van der Waals surface area (Å²) in [6, 6.07) is 3.81. The van der Waals surface area contributed by atoms with Crippen LogP contribution in [0.1, 0.15) is 56.4 Å². The van der Waals surface area contributed by atoms with Crippen molar-refractivity contribution in [2.24, 2.45) is 0 Å². The van der Waals surface area contributed by atoms with Crippen LogP contribution in [0.2, 0.25) is 0 Å². The predicted octanol–water partition coefficient (Wildman–Crippen LogP) is 3.56. The van der Waals surface area contributed by atoms with Gasteiger partial charge in [0.2, 0.25) is 5.91 Å². The molecule has 0 aromatic carbocycles. The van der Waals surface area contributed by atoms with E-state index in [1.807, 2.05) is 19.9 Å². The molecule has 182 valence electrons. The molecule has 4 heterocycles. The van der Waals surface area contributed by atoms with E-state index < -0.39 is 10.0 Å². The number of amides is 1. The van der Waals surface area contributed by atoms with Gasteiger partial charge >= 0.3 is 0 Å². The number of nitrogens with one attached hydrogen (secondary N) is 1. The van der Waals surface area contributed by atoms with Crippen molar-refractivity contribution in [1.82, 2.24) is 19.7 Å². The van der Waals surface area contributed by atoms with E-state index in [9.17, 15) is 13.2 Å². The van der Waals surface area contributed by atoms with Crippen molar-refractivity contribution in [3.63, 3.8) is 0 Å². The van der Waals surface area contributed by atoms with Crippen LogP contribution in [-0.2, 0) is 14.8 Å². The van der Waals surface area contributed by atoms with E-state index in [1.165, 1.54) is 11.3 Å². The van der Waals surface area contributed by atoms with Crippen molar-refractivity contribution in [2.75, 3.05) is 32.7 Å². The first-order valence-electron chi connectivity index (χ1n) is 11.9. The minimum atomic E-state index is -3.60. The molecule has 2 aliphatic rings. The number of nitrogens with zero attached hydrogens (tertiary/aromatic N) is 3. The average Bonchev–Trinajstić information content (AvgIpc) is 3.39. The predicted molar refractivity (Wildman–Crippen MR) is 129 cm³/mol. The molecule has 0 radical (unpaired) electrons. The Kier molecular flexibility index (Phi) is 7.88. The summed E-state index contributed by atoms with van der Waals surface area (Å²) in [5.41, 5.74) is 1.64. The fourth-order valence-corrected chi connectivity index (χ4v) is 7.99. The molecule has 0 spiro atoms. The minimum Gasteiger partial charge on any atom is -0.361 e. The maximum atomic E-state index is 13.6. The van der Waals surface area contributed by atoms with Gasteiger partial charge in [0.1, 0.15) is 9.97 Å². The van der Waals surface area contributed by atoms with Crippen LogP contribution >= 0.6 is 11.3 Å². The summed E-state index contributed by atoms with van der Waals surface area (Å²) >= 11 is 1.27.